The van der Waals surface area contributed by atoms with Gasteiger partial charge in [-0.2, -0.15) is 13.2 Å². The van der Waals surface area contributed by atoms with Crippen molar-refractivity contribution in [3.63, 3.8) is 0 Å². The van der Waals surface area contributed by atoms with E-state index in [2.05, 4.69) is 18.7 Å². The summed E-state index contributed by atoms with van der Waals surface area (Å²) in [7, 11) is 1.98. The van der Waals surface area contributed by atoms with Gasteiger partial charge in [-0.25, -0.2) is 4.79 Å². The second-order valence-corrected chi connectivity index (χ2v) is 8.64. The van der Waals surface area contributed by atoms with Crippen molar-refractivity contribution in [3.05, 3.63) is 0 Å². The molecule has 0 saturated carbocycles. The zero-order chi connectivity index (χ0) is 22.1. The van der Waals surface area contributed by atoms with E-state index in [1.807, 2.05) is 16.8 Å². The van der Waals surface area contributed by atoms with Gasteiger partial charge in [-0.1, -0.05) is 13.8 Å². The fourth-order valence-corrected chi connectivity index (χ4v) is 4.98. The van der Waals surface area contributed by atoms with Crippen LogP contribution in [0.2, 0.25) is 0 Å². The van der Waals surface area contributed by atoms with Crippen molar-refractivity contribution in [2.24, 2.45) is 17.8 Å². The quantitative estimate of drug-likeness (QED) is 0.734. The van der Waals surface area contributed by atoms with E-state index in [4.69, 9.17) is 9.90 Å². The van der Waals surface area contributed by atoms with Gasteiger partial charge in [0.1, 0.15) is 0 Å². The van der Waals surface area contributed by atoms with Crippen LogP contribution < -0.4 is 0 Å². The number of amides is 2. The number of halogens is 3. The molecule has 0 aromatic heterocycles. The van der Waals surface area contributed by atoms with Gasteiger partial charge < -0.3 is 19.8 Å². The minimum absolute atomic E-state index is 0.0145. The topological polar surface area (TPSA) is 81.2 Å². The molecule has 29 heavy (non-hydrogen) atoms. The highest BCUT2D eigenvalue weighted by atomic mass is 19.4. The van der Waals surface area contributed by atoms with E-state index in [1.165, 1.54) is 0 Å². The maximum Gasteiger partial charge on any atom is 0.490 e. The normalized spacial score (nSPS) is 26.6. The maximum absolute atomic E-state index is 12.7. The lowest BCUT2D eigenvalue weighted by Gasteiger charge is -2.46. The number of carboxylic acids is 1. The zero-order valence-electron chi connectivity index (χ0n) is 17.3. The van der Waals surface area contributed by atoms with Crippen molar-refractivity contribution in [3.8, 4) is 0 Å². The third-order valence-electron chi connectivity index (χ3n) is 6.34. The molecule has 1 spiro atoms. The van der Waals surface area contributed by atoms with E-state index in [0.717, 1.165) is 45.6 Å². The fraction of sp³-hybridized carbons (Fsp3) is 0.842. The van der Waals surface area contributed by atoms with Gasteiger partial charge in [0.25, 0.3) is 0 Å². The third kappa shape index (κ3) is 4.84. The van der Waals surface area contributed by atoms with Crippen LogP contribution in [0.4, 0.5) is 13.2 Å². The van der Waals surface area contributed by atoms with Crippen molar-refractivity contribution in [2.45, 2.75) is 45.3 Å². The van der Waals surface area contributed by atoms with Crippen LogP contribution in [0.15, 0.2) is 0 Å². The molecule has 166 valence electrons. The first-order valence-electron chi connectivity index (χ1n) is 9.85. The summed E-state index contributed by atoms with van der Waals surface area (Å²) >= 11 is 0. The largest absolute Gasteiger partial charge is 0.490 e. The van der Waals surface area contributed by atoms with Crippen LogP contribution in [-0.2, 0) is 14.4 Å². The summed E-state index contributed by atoms with van der Waals surface area (Å²) in [5.41, 5.74) is -0.0145. The average Bonchev–Trinajstić information content (AvgIpc) is 3.09. The summed E-state index contributed by atoms with van der Waals surface area (Å²) in [4.78, 5) is 39.6. The molecule has 2 amide bonds. The van der Waals surface area contributed by atoms with Crippen molar-refractivity contribution in [1.29, 1.82) is 0 Å². The molecule has 0 radical (unpaired) electrons. The molecule has 3 aliphatic rings. The van der Waals surface area contributed by atoms with E-state index < -0.39 is 12.1 Å². The fourth-order valence-electron chi connectivity index (χ4n) is 4.98. The second-order valence-electron chi connectivity index (χ2n) is 8.64. The highest BCUT2D eigenvalue weighted by Crippen LogP contribution is 2.48. The van der Waals surface area contributed by atoms with Crippen LogP contribution in [0.5, 0.6) is 0 Å². The molecule has 0 aliphatic carbocycles. The Hall–Kier alpha value is -1.84. The molecule has 0 bridgehead atoms. The Morgan fingerprint density at radius 3 is 2.14 bits per heavy atom. The van der Waals surface area contributed by atoms with Gasteiger partial charge in [-0.05, 0) is 18.8 Å². The standard InChI is InChI=1S/C17H29N3O2.C2HF3O2/c1-12(2)9-19-10-14-15(11-19)17(18(4)16(14)22)5-7-20(8-6-17)13(3)21;3-2(4,5)1(6)7/h12,14-15H,5-11H2,1-4H3;(H,6,7)/t14-,15+;/m0./s1. The summed E-state index contributed by atoms with van der Waals surface area (Å²) in [6.45, 7) is 10.8. The first-order valence-corrected chi connectivity index (χ1v) is 9.85. The number of rotatable bonds is 2. The highest BCUT2D eigenvalue weighted by molar-refractivity contribution is 5.83. The van der Waals surface area contributed by atoms with Gasteiger partial charge in [0.2, 0.25) is 11.8 Å². The number of hydrogen-bond donors (Lipinski definition) is 1. The minimum atomic E-state index is -5.08. The minimum Gasteiger partial charge on any atom is -0.475 e. The van der Waals surface area contributed by atoms with Crippen LogP contribution in [-0.4, -0.2) is 89.1 Å². The number of likely N-dealkylation sites (tertiary alicyclic amines) is 3. The molecule has 10 heteroatoms. The van der Waals surface area contributed by atoms with E-state index in [0.29, 0.717) is 17.7 Å². The lowest BCUT2D eigenvalue weighted by Crippen LogP contribution is -2.56. The highest BCUT2D eigenvalue weighted by Gasteiger charge is 2.60. The van der Waals surface area contributed by atoms with Crippen molar-refractivity contribution in [2.75, 3.05) is 39.8 Å². The molecule has 0 aromatic carbocycles. The first kappa shape index (κ1) is 23.4. The van der Waals surface area contributed by atoms with Gasteiger partial charge in [0.15, 0.2) is 0 Å². The third-order valence-corrected chi connectivity index (χ3v) is 6.34. The summed E-state index contributed by atoms with van der Waals surface area (Å²) < 4.78 is 31.7. The number of carbonyl (C=O) groups excluding carboxylic acids is 2. The first-order chi connectivity index (χ1) is 13.3. The van der Waals surface area contributed by atoms with Crippen LogP contribution >= 0.6 is 0 Å². The second kappa shape index (κ2) is 8.49. The SMILES string of the molecule is CC(=O)N1CCC2(CC1)[C@@H]1CN(CC(C)C)C[C@@H]1C(=O)N2C.O=C(O)C(F)(F)F. The predicted molar refractivity (Wildman–Crippen MR) is 98.9 cm³/mol. The lowest BCUT2D eigenvalue weighted by atomic mass is 9.75. The number of hydrogen-bond acceptors (Lipinski definition) is 4. The Labute approximate surface area is 168 Å². The van der Waals surface area contributed by atoms with Crippen molar-refractivity contribution < 1.29 is 32.7 Å². The van der Waals surface area contributed by atoms with E-state index in [9.17, 15) is 22.8 Å². The zero-order valence-corrected chi connectivity index (χ0v) is 17.3. The number of alkyl halides is 3. The Kier molecular flexibility index (Phi) is 6.86. The molecule has 3 rings (SSSR count). The van der Waals surface area contributed by atoms with Crippen LogP contribution in [0.3, 0.4) is 0 Å². The van der Waals surface area contributed by atoms with Gasteiger partial charge in [-0.3, -0.25) is 9.59 Å². The number of carbonyl (C=O) groups is 3. The van der Waals surface area contributed by atoms with Crippen LogP contribution in [0.25, 0.3) is 0 Å². The lowest BCUT2D eigenvalue weighted by molar-refractivity contribution is -0.192. The molecular formula is C19H30F3N3O4. The molecule has 7 nitrogen and oxygen atoms in total. The smallest absolute Gasteiger partial charge is 0.475 e. The van der Waals surface area contributed by atoms with Gasteiger partial charge in [0, 0.05) is 52.6 Å². The number of carboxylic acid groups (broad SMARTS) is 1. The maximum atomic E-state index is 12.7. The number of nitrogens with zero attached hydrogens (tertiary/aromatic N) is 3. The predicted octanol–water partition coefficient (Wildman–Crippen LogP) is 1.68. The molecule has 3 aliphatic heterocycles. The molecular weight excluding hydrogens is 391 g/mol. The van der Waals surface area contributed by atoms with Crippen molar-refractivity contribution >= 4 is 17.8 Å². The molecule has 0 aromatic rings. The number of aliphatic carboxylic acids is 1. The van der Waals surface area contributed by atoms with E-state index in [1.54, 1.807) is 6.92 Å². The molecule has 0 unspecified atom stereocenters. The van der Waals surface area contributed by atoms with E-state index in [-0.39, 0.29) is 17.4 Å². The van der Waals surface area contributed by atoms with Gasteiger partial charge >= 0.3 is 12.1 Å². The van der Waals surface area contributed by atoms with Gasteiger partial charge in [-0.15, -0.1) is 0 Å². The molecule has 1 N–H and O–H groups in total. The van der Waals surface area contributed by atoms with Crippen molar-refractivity contribution in [1.82, 2.24) is 14.7 Å². The summed E-state index contributed by atoms with van der Waals surface area (Å²) in [5.74, 6) is -1.01. The average molecular weight is 421 g/mol. The Morgan fingerprint density at radius 1 is 1.21 bits per heavy atom. The molecule has 3 heterocycles. The Balaban J connectivity index is 0.000000370. The molecule has 3 saturated heterocycles. The molecule has 3 fully saturated rings. The number of fused-ring (bicyclic) bond motifs is 2. The number of piperidine rings is 1. The van der Waals surface area contributed by atoms with Gasteiger partial charge in [0.05, 0.1) is 11.5 Å². The van der Waals surface area contributed by atoms with Crippen LogP contribution in [0.1, 0.15) is 33.6 Å². The van der Waals surface area contributed by atoms with E-state index >= 15 is 0 Å². The Morgan fingerprint density at radius 2 is 1.72 bits per heavy atom. The Bertz CT molecular complexity index is 645. The molecule has 2 atom stereocenters. The monoisotopic (exact) mass is 421 g/mol. The van der Waals surface area contributed by atoms with Crippen LogP contribution in [0, 0.1) is 17.8 Å². The summed E-state index contributed by atoms with van der Waals surface area (Å²) in [6.07, 6.45) is -3.21. The summed E-state index contributed by atoms with van der Waals surface area (Å²) in [5, 5.41) is 7.12. The summed E-state index contributed by atoms with van der Waals surface area (Å²) in [6, 6.07) is 0.